The lowest BCUT2D eigenvalue weighted by Gasteiger charge is -2.21. The van der Waals surface area contributed by atoms with Gasteiger partial charge < -0.3 is 10.5 Å². The number of carbonyl (C=O) groups is 3. The molecule has 1 aromatic rings. The van der Waals surface area contributed by atoms with Gasteiger partial charge in [0.1, 0.15) is 0 Å². The summed E-state index contributed by atoms with van der Waals surface area (Å²) >= 11 is 0. The third-order valence-electron chi connectivity index (χ3n) is 3.82. The van der Waals surface area contributed by atoms with E-state index < -0.39 is 24.5 Å². The number of carbonyl (C=O) groups excluding carboxylic acids is 3. The summed E-state index contributed by atoms with van der Waals surface area (Å²) in [6.07, 6.45) is 6.19. The van der Waals surface area contributed by atoms with Crippen LogP contribution in [0.1, 0.15) is 53.9 Å². The van der Waals surface area contributed by atoms with E-state index in [0.29, 0.717) is 11.5 Å². The van der Waals surface area contributed by atoms with Crippen molar-refractivity contribution in [3.05, 3.63) is 35.4 Å². The molecule has 2 rings (SSSR count). The van der Waals surface area contributed by atoms with E-state index in [9.17, 15) is 14.4 Å². The first kappa shape index (κ1) is 16.0. The van der Waals surface area contributed by atoms with Crippen LogP contribution in [0.15, 0.2) is 24.3 Å². The van der Waals surface area contributed by atoms with Gasteiger partial charge in [-0.2, -0.15) is 0 Å². The lowest BCUT2D eigenvalue weighted by Crippen LogP contribution is -2.37. The third kappa shape index (κ3) is 4.58. The Balaban J connectivity index is 1.88. The minimum atomic E-state index is -0.974. The third-order valence-corrected chi connectivity index (χ3v) is 3.82. The van der Waals surface area contributed by atoms with Gasteiger partial charge in [-0.15, -0.1) is 0 Å². The quantitative estimate of drug-likeness (QED) is 0.832. The van der Waals surface area contributed by atoms with Crippen LogP contribution in [-0.2, 0) is 9.53 Å². The van der Waals surface area contributed by atoms with Crippen LogP contribution in [0.25, 0.3) is 0 Å². The number of benzene rings is 1. The molecule has 0 aliphatic heterocycles. The smallest absolute Gasteiger partial charge is 0.338 e. The van der Waals surface area contributed by atoms with Crippen LogP contribution in [0.2, 0.25) is 0 Å². The first-order chi connectivity index (χ1) is 10.6. The summed E-state index contributed by atoms with van der Waals surface area (Å²) < 4.78 is 4.82. The minimum Gasteiger partial charge on any atom is -0.452 e. The first-order valence-corrected chi connectivity index (χ1v) is 7.42. The van der Waals surface area contributed by atoms with Crippen molar-refractivity contribution < 1.29 is 19.1 Å². The number of hydrogen-bond acceptors (Lipinski definition) is 4. The maximum Gasteiger partial charge on any atom is 0.338 e. The van der Waals surface area contributed by atoms with Gasteiger partial charge in [-0.3, -0.25) is 10.1 Å². The Labute approximate surface area is 129 Å². The summed E-state index contributed by atoms with van der Waals surface area (Å²) in [5.74, 6) is -0.783. The molecule has 0 atom stereocenters. The van der Waals surface area contributed by atoms with E-state index in [1.54, 1.807) is 12.1 Å². The normalized spacial score (nSPS) is 15.1. The monoisotopic (exact) mass is 304 g/mol. The molecule has 0 heterocycles. The zero-order valence-electron chi connectivity index (χ0n) is 12.3. The number of imide groups is 1. The SMILES string of the molecule is NC(=O)NC(=O)COC(=O)c1ccc(C2CCCCC2)cc1. The molecule has 1 aliphatic carbocycles. The number of urea groups is 1. The molecule has 0 unspecified atom stereocenters. The molecule has 0 saturated heterocycles. The fraction of sp³-hybridized carbons (Fsp3) is 0.438. The summed E-state index contributed by atoms with van der Waals surface area (Å²) in [4.78, 5) is 33.4. The van der Waals surface area contributed by atoms with Crippen molar-refractivity contribution in [3.63, 3.8) is 0 Å². The van der Waals surface area contributed by atoms with Gasteiger partial charge in [-0.1, -0.05) is 31.4 Å². The van der Waals surface area contributed by atoms with Gasteiger partial charge in [-0.25, -0.2) is 9.59 Å². The molecular formula is C16H20N2O4. The molecule has 22 heavy (non-hydrogen) atoms. The molecule has 3 N–H and O–H groups in total. The van der Waals surface area contributed by atoms with E-state index in [-0.39, 0.29) is 0 Å². The van der Waals surface area contributed by atoms with Gasteiger partial charge in [0, 0.05) is 0 Å². The van der Waals surface area contributed by atoms with E-state index >= 15 is 0 Å². The fourth-order valence-electron chi connectivity index (χ4n) is 2.72. The number of rotatable bonds is 4. The lowest BCUT2D eigenvalue weighted by molar-refractivity contribution is -0.123. The Morgan fingerprint density at radius 3 is 2.32 bits per heavy atom. The lowest BCUT2D eigenvalue weighted by atomic mass is 9.84. The molecule has 1 fully saturated rings. The Morgan fingerprint density at radius 2 is 1.73 bits per heavy atom. The molecule has 118 valence electrons. The van der Waals surface area contributed by atoms with Crippen molar-refractivity contribution in [3.8, 4) is 0 Å². The van der Waals surface area contributed by atoms with Crippen molar-refractivity contribution in [1.29, 1.82) is 0 Å². The van der Waals surface area contributed by atoms with E-state index in [1.165, 1.54) is 37.7 Å². The second kappa shape index (κ2) is 7.59. The summed E-state index contributed by atoms with van der Waals surface area (Å²) in [5.41, 5.74) is 6.41. The largest absolute Gasteiger partial charge is 0.452 e. The fourth-order valence-corrected chi connectivity index (χ4v) is 2.72. The summed E-state index contributed by atoms with van der Waals surface area (Å²) in [6, 6.07) is 6.32. The molecule has 0 bridgehead atoms. The highest BCUT2D eigenvalue weighted by Crippen LogP contribution is 2.32. The van der Waals surface area contributed by atoms with Gasteiger partial charge in [0.05, 0.1) is 5.56 Å². The van der Waals surface area contributed by atoms with E-state index in [2.05, 4.69) is 0 Å². The maximum atomic E-state index is 11.8. The summed E-state index contributed by atoms with van der Waals surface area (Å²) in [7, 11) is 0. The number of hydrogen-bond donors (Lipinski definition) is 2. The first-order valence-electron chi connectivity index (χ1n) is 7.42. The van der Waals surface area contributed by atoms with Crippen molar-refractivity contribution in [1.82, 2.24) is 5.32 Å². The Hall–Kier alpha value is -2.37. The van der Waals surface area contributed by atoms with Crippen molar-refractivity contribution in [2.45, 2.75) is 38.0 Å². The van der Waals surface area contributed by atoms with E-state index in [1.807, 2.05) is 17.4 Å². The molecule has 0 spiro atoms. The predicted molar refractivity (Wildman–Crippen MR) is 80.3 cm³/mol. The molecule has 1 saturated carbocycles. The Bertz CT molecular complexity index is 548. The topological polar surface area (TPSA) is 98.5 Å². The van der Waals surface area contributed by atoms with Crippen LogP contribution in [0.5, 0.6) is 0 Å². The highest BCUT2D eigenvalue weighted by Gasteiger charge is 2.16. The van der Waals surface area contributed by atoms with Crippen LogP contribution in [-0.4, -0.2) is 24.5 Å². The zero-order valence-corrected chi connectivity index (χ0v) is 12.3. The Kier molecular flexibility index (Phi) is 5.52. The molecule has 1 aromatic carbocycles. The average molecular weight is 304 g/mol. The molecule has 0 radical (unpaired) electrons. The second-order valence-corrected chi connectivity index (χ2v) is 5.45. The summed E-state index contributed by atoms with van der Waals surface area (Å²) in [5, 5.41) is 1.82. The van der Waals surface area contributed by atoms with Gasteiger partial charge in [0.15, 0.2) is 6.61 Å². The number of primary amides is 1. The van der Waals surface area contributed by atoms with Crippen LogP contribution in [0.4, 0.5) is 4.79 Å². The molecular weight excluding hydrogens is 284 g/mol. The number of esters is 1. The number of nitrogens with one attached hydrogen (secondary N) is 1. The Morgan fingerprint density at radius 1 is 1.09 bits per heavy atom. The van der Waals surface area contributed by atoms with Crippen LogP contribution >= 0.6 is 0 Å². The maximum absolute atomic E-state index is 11.8. The standard InChI is InChI=1S/C16H20N2O4/c17-16(21)18-14(19)10-22-15(20)13-8-6-12(7-9-13)11-4-2-1-3-5-11/h6-9,11H,1-5,10H2,(H3,17,18,19,21). The highest BCUT2D eigenvalue weighted by atomic mass is 16.5. The number of amides is 3. The van der Waals surface area contributed by atoms with Gasteiger partial charge in [0.25, 0.3) is 5.91 Å². The molecule has 3 amide bonds. The highest BCUT2D eigenvalue weighted by molar-refractivity contribution is 5.96. The van der Waals surface area contributed by atoms with Gasteiger partial charge in [0.2, 0.25) is 0 Å². The van der Waals surface area contributed by atoms with Crippen LogP contribution in [0.3, 0.4) is 0 Å². The predicted octanol–water partition coefficient (Wildman–Crippen LogP) is 2.09. The number of ether oxygens (including phenoxy) is 1. The second-order valence-electron chi connectivity index (χ2n) is 5.45. The molecule has 1 aliphatic rings. The summed E-state index contributed by atoms with van der Waals surface area (Å²) in [6.45, 7) is -0.536. The molecule has 6 heteroatoms. The average Bonchev–Trinajstić information content (AvgIpc) is 2.53. The zero-order chi connectivity index (χ0) is 15.9. The van der Waals surface area contributed by atoms with Crippen molar-refractivity contribution in [2.75, 3.05) is 6.61 Å². The minimum absolute atomic E-state index is 0.381. The van der Waals surface area contributed by atoms with Gasteiger partial charge >= 0.3 is 12.0 Å². The number of nitrogens with two attached hydrogens (primary N) is 1. The van der Waals surface area contributed by atoms with E-state index in [0.717, 1.165) is 0 Å². The van der Waals surface area contributed by atoms with Crippen LogP contribution in [0, 0.1) is 0 Å². The van der Waals surface area contributed by atoms with Gasteiger partial charge in [-0.05, 0) is 36.5 Å². The van der Waals surface area contributed by atoms with Crippen molar-refractivity contribution >= 4 is 17.9 Å². The molecule has 6 nitrogen and oxygen atoms in total. The van der Waals surface area contributed by atoms with Crippen LogP contribution < -0.4 is 11.1 Å². The van der Waals surface area contributed by atoms with Crippen molar-refractivity contribution in [2.24, 2.45) is 5.73 Å². The molecule has 0 aromatic heterocycles. The van der Waals surface area contributed by atoms with E-state index in [4.69, 9.17) is 10.5 Å².